The molecule has 1 amide bonds. The smallest absolute Gasteiger partial charge is 0.220 e. The van der Waals surface area contributed by atoms with Crippen molar-refractivity contribution in [2.75, 3.05) is 19.7 Å². The lowest BCUT2D eigenvalue weighted by Crippen LogP contribution is -2.28. The molecule has 20 heavy (non-hydrogen) atoms. The fourth-order valence-corrected chi connectivity index (χ4v) is 1.76. The first kappa shape index (κ1) is 16.5. The van der Waals surface area contributed by atoms with Crippen LogP contribution < -0.4 is 15.8 Å². The van der Waals surface area contributed by atoms with E-state index in [-0.39, 0.29) is 11.3 Å². The maximum Gasteiger partial charge on any atom is 0.220 e. The maximum atomic E-state index is 11.3. The van der Waals surface area contributed by atoms with Crippen molar-refractivity contribution in [3.63, 3.8) is 0 Å². The van der Waals surface area contributed by atoms with Crippen molar-refractivity contribution in [3.8, 4) is 5.75 Å². The summed E-state index contributed by atoms with van der Waals surface area (Å²) in [6.45, 7) is 8.08. The molecule has 0 heterocycles. The van der Waals surface area contributed by atoms with Gasteiger partial charge < -0.3 is 15.8 Å². The molecule has 0 aliphatic rings. The lowest BCUT2D eigenvalue weighted by molar-refractivity contribution is -0.121. The molecule has 0 radical (unpaired) electrons. The van der Waals surface area contributed by atoms with Gasteiger partial charge in [0.05, 0.1) is 6.54 Å². The highest BCUT2D eigenvalue weighted by molar-refractivity contribution is 5.75. The van der Waals surface area contributed by atoms with E-state index in [1.807, 2.05) is 12.1 Å². The number of hydrogen-bond donors (Lipinski definition) is 2. The van der Waals surface area contributed by atoms with Crippen molar-refractivity contribution in [1.82, 2.24) is 5.32 Å². The van der Waals surface area contributed by atoms with Gasteiger partial charge in [-0.1, -0.05) is 32.9 Å². The molecule has 1 aromatic rings. The molecule has 4 heteroatoms. The Morgan fingerprint density at radius 1 is 1.25 bits per heavy atom. The SMILES string of the molecule is CC(C)(C)c1ccc(OCCNC(=O)CCCN)cc1. The Bertz CT molecular complexity index is 407. The Morgan fingerprint density at radius 2 is 1.90 bits per heavy atom. The number of ether oxygens (including phenoxy) is 1. The maximum absolute atomic E-state index is 11.3. The lowest BCUT2D eigenvalue weighted by Gasteiger charge is -2.19. The van der Waals surface area contributed by atoms with E-state index in [9.17, 15) is 4.79 Å². The fraction of sp³-hybridized carbons (Fsp3) is 0.562. The number of benzene rings is 1. The molecule has 1 rings (SSSR count). The summed E-state index contributed by atoms with van der Waals surface area (Å²) in [6.07, 6.45) is 1.21. The second-order valence-corrected chi connectivity index (χ2v) is 5.87. The number of carbonyl (C=O) groups excluding carboxylic acids is 1. The second kappa shape index (κ2) is 7.90. The summed E-state index contributed by atoms with van der Waals surface area (Å²) in [4.78, 5) is 11.3. The van der Waals surface area contributed by atoms with Crippen molar-refractivity contribution in [2.45, 2.75) is 39.0 Å². The van der Waals surface area contributed by atoms with E-state index in [4.69, 9.17) is 10.5 Å². The molecule has 0 aromatic heterocycles. The molecule has 0 unspecified atom stereocenters. The van der Waals surface area contributed by atoms with Crippen LogP contribution in [0.25, 0.3) is 0 Å². The zero-order chi connectivity index (χ0) is 15.0. The highest BCUT2D eigenvalue weighted by atomic mass is 16.5. The molecule has 0 bridgehead atoms. The minimum atomic E-state index is 0.0298. The van der Waals surface area contributed by atoms with Gasteiger partial charge in [-0.25, -0.2) is 0 Å². The molecule has 3 N–H and O–H groups in total. The van der Waals surface area contributed by atoms with Gasteiger partial charge in [0, 0.05) is 6.42 Å². The summed E-state index contributed by atoms with van der Waals surface area (Å²) < 4.78 is 5.59. The average molecular weight is 278 g/mol. The Balaban J connectivity index is 2.27. The third-order valence-corrected chi connectivity index (χ3v) is 3.02. The summed E-state index contributed by atoms with van der Waals surface area (Å²) in [5, 5.41) is 2.80. The van der Waals surface area contributed by atoms with Gasteiger partial charge in [0.15, 0.2) is 0 Å². The van der Waals surface area contributed by atoms with E-state index in [1.54, 1.807) is 0 Å². The van der Waals surface area contributed by atoms with Crippen molar-refractivity contribution in [3.05, 3.63) is 29.8 Å². The zero-order valence-corrected chi connectivity index (χ0v) is 12.7. The topological polar surface area (TPSA) is 64.3 Å². The Morgan fingerprint density at radius 3 is 2.45 bits per heavy atom. The molecule has 112 valence electrons. The van der Waals surface area contributed by atoms with Crippen LogP contribution in [-0.4, -0.2) is 25.6 Å². The monoisotopic (exact) mass is 278 g/mol. The molecule has 0 saturated carbocycles. The summed E-state index contributed by atoms with van der Waals surface area (Å²) in [6, 6.07) is 8.10. The van der Waals surface area contributed by atoms with E-state index in [2.05, 4.69) is 38.2 Å². The third-order valence-electron chi connectivity index (χ3n) is 3.02. The van der Waals surface area contributed by atoms with Gasteiger partial charge in [0.25, 0.3) is 0 Å². The molecular weight excluding hydrogens is 252 g/mol. The molecular formula is C16H26N2O2. The van der Waals surface area contributed by atoms with E-state index >= 15 is 0 Å². The first-order valence-electron chi connectivity index (χ1n) is 7.13. The molecule has 4 nitrogen and oxygen atoms in total. The molecule has 0 atom stereocenters. The number of nitrogens with one attached hydrogen (secondary N) is 1. The zero-order valence-electron chi connectivity index (χ0n) is 12.7. The van der Waals surface area contributed by atoms with E-state index in [0.29, 0.717) is 26.1 Å². The standard InChI is InChI=1S/C16H26N2O2/c1-16(2,3)13-6-8-14(9-7-13)20-12-11-18-15(19)5-4-10-17/h6-9H,4-5,10-12,17H2,1-3H3,(H,18,19). The average Bonchev–Trinajstić information content (AvgIpc) is 2.41. The van der Waals surface area contributed by atoms with Crippen LogP contribution in [0.4, 0.5) is 0 Å². The van der Waals surface area contributed by atoms with Crippen molar-refractivity contribution in [1.29, 1.82) is 0 Å². The normalized spacial score (nSPS) is 11.2. The molecule has 0 spiro atoms. The van der Waals surface area contributed by atoms with Gasteiger partial charge in [-0.3, -0.25) is 4.79 Å². The van der Waals surface area contributed by atoms with Gasteiger partial charge in [-0.05, 0) is 36.1 Å². The van der Waals surface area contributed by atoms with E-state index < -0.39 is 0 Å². The van der Waals surface area contributed by atoms with Crippen LogP contribution in [0.1, 0.15) is 39.2 Å². The minimum absolute atomic E-state index is 0.0298. The van der Waals surface area contributed by atoms with Crippen LogP contribution in [-0.2, 0) is 10.2 Å². The largest absolute Gasteiger partial charge is 0.492 e. The highest BCUT2D eigenvalue weighted by Crippen LogP contribution is 2.24. The van der Waals surface area contributed by atoms with Crippen LogP contribution in [0.5, 0.6) is 5.75 Å². The Hall–Kier alpha value is -1.55. The van der Waals surface area contributed by atoms with Crippen LogP contribution in [0.3, 0.4) is 0 Å². The predicted molar refractivity (Wildman–Crippen MR) is 81.9 cm³/mol. The van der Waals surface area contributed by atoms with Crippen LogP contribution in [0.2, 0.25) is 0 Å². The fourth-order valence-electron chi connectivity index (χ4n) is 1.76. The number of rotatable bonds is 7. The highest BCUT2D eigenvalue weighted by Gasteiger charge is 2.12. The van der Waals surface area contributed by atoms with Crippen molar-refractivity contribution >= 4 is 5.91 Å². The first-order valence-corrected chi connectivity index (χ1v) is 7.13. The lowest BCUT2D eigenvalue weighted by atomic mass is 9.87. The van der Waals surface area contributed by atoms with Crippen LogP contribution in [0.15, 0.2) is 24.3 Å². The predicted octanol–water partition coefficient (Wildman–Crippen LogP) is 2.22. The number of carbonyl (C=O) groups is 1. The molecule has 0 saturated heterocycles. The summed E-state index contributed by atoms with van der Waals surface area (Å²) in [5.41, 5.74) is 6.77. The van der Waals surface area contributed by atoms with E-state index in [0.717, 1.165) is 12.2 Å². The van der Waals surface area contributed by atoms with Gasteiger partial charge in [0.1, 0.15) is 12.4 Å². The van der Waals surface area contributed by atoms with Crippen LogP contribution in [0, 0.1) is 0 Å². The second-order valence-electron chi connectivity index (χ2n) is 5.87. The number of nitrogens with two attached hydrogens (primary N) is 1. The molecule has 0 aliphatic heterocycles. The molecule has 0 fully saturated rings. The number of amides is 1. The van der Waals surface area contributed by atoms with Gasteiger partial charge in [-0.15, -0.1) is 0 Å². The Kier molecular flexibility index (Phi) is 6.52. The van der Waals surface area contributed by atoms with E-state index in [1.165, 1.54) is 5.56 Å². The molecule has 1 aromatic carbocycles. The van der Waals surface area contributed by atoms with Crippen molar-refractivity contribution in [2.24, 2.45) is 5.73 Å². The first-order chi connectivity index (χ1) is 9.43. The summed E-state index contributed by atoms with van der Waals surface area (Å²) in [5.74, 6) is 0.858. The van der Waals surface area contributed by atoms with Gasteiger partial charge >= 0.3 is 0 Å². The Labute approximate surface area is 121 Å². The summed E-state index contributed by atoms with van der Waals surface area (Å²) >= 11 is 0. The molecule has 0 aliphatic carbocycles. The quantitative estimate of drug-likeness (QED) is 0.752. The van der Waals surface area contributed by atoms with Gasteiger partial charge in [-0.2, -0.15) is 0 Å². The summed E-state index contributed by atoms with van der Waals surface area (Å²) in [7, 11) is 0. The number of hydrogen-bond acceptors (Lipinski definition) is 3. The van der Waals surface area contributed by atoms with Gasteiger partial charge in [0.2, 0.25) is 5.91 Å². The minimum Gasteiger partial charge on any atom is -0.492 e. The third kappa shape index (κ3) is 6.06. The van der Waals surface area contributed by atoms with Crippen molar-refractivity contribution < 1.29 is 9.53 Å². The van der Waals surface area contributed by atoms with Crippen LogP contribution >= 0.6 is 0 Å².